The van der Waals surface area contributed by atoms with Crippen LogP contribution in [0.4, 0.5) is 0 Å². The van der Waals surface area contributed by atoms with Crippen LogP contribution in [0.2, 0.25) is 0 Å². The van der Waals surface area contributed by atoms with Gasteiger partial charge in [-0.05, 0) is 35.4 Å². The molecule has 4 heteroatoms. The molecule has 2 heterocycles. The van der Waals surface area contributed by atoms with E-state index in [9.17, 15) is 4.79 Å². The molecule has 1 saturated heterocycles. The number of nitrogens with zero attached hydrogens (tertiary/aromatic N) is 1. The van der Waals surface area contributed by atoms with Gasteiger partial charge >= 0.3 is 0 Å². The quantitative estimate of drug-likeness (QED) is 0.802. The molecule has 0 bridgehead atoms. The van der Waals surface area contributed by atoms with Crippen LogP contribution in [-0.4, -0.2) is 24.0 Å². The number of ether oxygens (including phenoxy) is 1. The zero-order chi connectivity index (χ0) is 16.4. The van der Waals surface area contributed by atoms with Gasteiger partial charge in [0, 0.05) is 30.5 Å². The highest BCUT2D eigenvalue weighted by molar-refractivity contribution is 5.90. The molecule has 0 saturated carbocycles. The Hall–Kier alpha value is -2.88. The average Bonchev–Trinajstić information content (AvgIpc) is 3.05. The number of amides is 1. The molecule has 120 valence electrons. The average molecular weight is 318 g/mol. The zero-order valence-electron chi connectivity index (χ0n) is 13.2. The molecular formula is C20H18N2O2. The first-order valence-electron chi connectivity index (χ1n) is 8.13. The molecule has 1 aliphatic rings. The van der Waals surface area contributed by atoms with Gasteiger partial charge in [-0.1, -0.05) is 30.3 Å². The zero-order valence-corrected chi connectivity index (χ0v) is 13.2. The number of nitrogens with one attached hydrogen (secondary N) is 1. The van der Waals surface area contributed by atoms with Crippen LogP contribution in [0.1, 0.15) is 6.42 Å². The maximum absolute atomic E-state index is 11.3. The number of pyridine rings is 1. The van der Waals surface area contributed by atoms with Crippen molar-refractivity contribution in [3.63, 3.8) is 0 Å². The number of hydrogen-bond acceptors (Lipinski definition) is 3. The molecule has 4 rings (SSSR count). The maximum Gasteiger partial charge on any atom is 0.220 e. The highest BCUT2D eigenvalue weighted by atomic mass is 16.5. The van der Waals surface area contributed by atoms with Gasteiger partial charge < -0.3 is 10.1 Å². The lowest BCUT2D eigenvalue weighted by molar-refractivity contribution is -0.119. The normalized spacial score (nSPS) is 17.0. The lowest BCUT2D eigenvalue weighted by Gasteiger charge is -2.14. The van der Waals surface area contributed by atoms with Crippen molar-refractivity contribution < 1.29 is 9.53 Å². The Labute approximate surface area is 140 Å². The number of aromatic nitrogens is 1. The molecule has 1 fully saturated rings. The summed E-state index contributed by atoms with van der Waals surface area (Å²) in [7, 11) is 0. The number of benzene rings is 2. The number of carbonyl (C=O) groups excluding carboxylic acids is 1. The summed E-state index contributed by atoms with van der Waals surface area (Å²) < 4.78 is 6.08. The van der Waals surface area contributed by atoms with E-state index in [1.807, 2.05) is 30.3 Å². The first-order valence-corrected chi connectivity index (χ1v) is 8.13. The highest BCUT2D eigenvalue weighted by Crippen LogP contribution is 2.32. The molecule has 24 heavy (non-hydrogen) atoms. The van der Waals surface area contributed by atoms with E-state index >= 15 is 0 Å². The topological polar surface area (TPSA) is 51.2 Å². The van der Waals surface area contributed by atoms with Crippen LogP contribution in [-0.2, 0) is 4.79 Å². The maximum atomic E-state index is 11.3. The number of hydrogen-bond donors (Lipinski definition) is 1. The minimum atomic E-state index is 0.105. The van der Waals surface area contributed by atoms with Gasteiger partial charge in [-0.15, -0.1) is 0 Å². The van der Waals surface area contributed by atoms with Gasteiger partial charge in [0.2, 0.25) is 5.91 Å². The molecule has 1 aliphatic heterocycles. The standard InChI is InChI=1S/C20H18N2O2/c23-20-9-14(12-22-20)13-24-19-11-16(15-5-2-1-3-6-15)10-18-17(19)7-4-8-21-18/h1-8,10-11,14H,9,12-13H2,(H,22,23). The highest BCUT2D eigenvalue weighted by Gasteiger charge is 2.22. The second kappa shape index (κ2) is 6.32. The second-order valence-electron chi connectivity index (χ2n) is 6.10. The first kappa shape index (κ1) is 14.7. The Morgan fingerprint density at radius 2 is 1.96 bits per heavy atom. The third-order valence-electron chi connectivity index (χ3n) is 4.33. The number of rotatable bonds is 4. The Bertz CT molecular complexity index is 877. The summed E-state index contributed by atoms with van der Waals surface area (Å²) in [5, 5.41) is 3.84. The predicted molar refractivity (Wildman–Crippen MR) is 93.8 cm³/mol. The summed E-state index contributed by atoms with van der Waals surface area (Å²) >= 11 is 0. The van der Waals surface area contributed by atoms with Gasteiger partial charge in [0.1, 0.15) is 5.75 Å². The summed E-state index contributed by atoms with van der Waals surface area (Å²) in [6, 6.07) is 18.3. The molecule has 3 aromatic rings. The summed E-state index contributed by atoms with van der Waals surface area (Å²) in [6.45, 7) is 1.22. The molecule has 0 radical (unpaired) electrons. The third kappa shape index (κ3) is 2.95. The van der Waals surface area contributed by atoms with Gasteiger partial charge in [-0.3, -0.25) is 9.78 Å². The minimum absolute atomic E-state index is 0.105. The van der Waals surface area contributed by atoms with E-state index in [2.05, 4.69) is 34.6 Å². The van der Waals surface area contributed by atoms with Gasteiger partial charge in [0.15, 0.2) is 0 Å². The molecule has 1 unspecified atom stereocenters. The van der Waals surface area contributed by atoms with Crippen LogP contribution in [0.25, 0.3) is 22.0 Å². The third-order valence-corrected chi connectivity index (χ3v) is 4.33. The fourth-order valence-corrected chi connectivity index (χ4v) is 3.06. The first-order chi connectivity index (χ1) is 11.8. The predicted octanol–water partition coefficient (Wildman–Crippen LogP) is 3.42. The van der Waals surface area contributed by atoms with Crippen molar-refractivity contribution in [3.8, 4) is 16.9 Å². The van der Waals surface area contributed by atoms with Crippen molar-refractivity contribution in [2.45, 2.75) is 6.42 Å². The van der Waals surface area contributed by atoms with Crippen molar-refractivity contribution in [2.24, 2.45) is 5.92 Å². The molecule has 4 nitrogen and oxygen atoms in total. The molecule has 2 aromatic carbocycles. The lowest BCUT2D eigenvalue weighted by atomic mass is 10.0. The largest absolute Gasteiger partial charge is 0.492 e. The molecule has 1 amide bonds. The smallest absolute Gasteiger partial charge is 0.220 e. The molecule has 1 atom stereocenters. The van der Waals surface area contributed by atoms with Crippen LogP contribution < -0.4 is 10.1 Å². The van der Waals surface area contributed by atoms with Gasteiger partial charge in [-0.25, -0.2) is 0 Å². The van der Waals surface area contributed by atoms with E-state index in [0.717, 1.165) is 27.8 Å². The van der Waals surface area contributed by atoms with Crippen molar-refractivity contribution in [1.82, 2.24) is 10.3 Å². The number of fused-ring (bicyclic) bond motifs is 1. The SMILES string of the molecule is O=C1CC(COc2cc(-c3ccccc3)cc3ncccc23)CN1. The van der Waals surface area contributed by atoms with E-state index in [-0.39, 0.29) is 11.8 Å². The van der Waals surface area contributed by atoms with Gasteiger partial charge in [0.25, 0.3) is 0 Å². The molecular weight excluding hydrogens is 300 g/mol. The lowest BCUT2D eigenvalue weighted by Crippen LogP contribution is -2.16. The van der Waals surface area contributed by atoms with Crippen molar-refractivity contribution >= 4 is 16.8 Å². The van der Waals surface area contributed by atoms with E-state index in [4.69, 9.17) is 4.74 Å². The van der Waals surface area contributed by atoms with E-state index in [1.54, 1.807) is 6.20 Å². The van der Waals surface area contributed by atoms with Crippen LogP contribution in [0.15, 0.2) is 60.8 Å². The Kier molecular flexibility index (Phi) is 3.87. The second-order valence-corrected chi connectivity index (χ2v) is 6.10. The molecule has 0 aliphatic carbocycles. The number of carbonyl (C=O) groups is 1. The molecule has 0 spiro atoms. The Morgan fingerprint density at radius 1 is 1.08 bits per heavy atom. The summed E-state index contributed by atoms with van der Waals surface area (Å²) in [4.78, 5) is 15.8. The summed E-state index contributed by atoms with van der Waals surface area (Å²) in [5.41, 5.74) is 3.12. The van der Waals surface area contributed by atoms with E-state index in [0.29, 0.717) is 19.6 Å². The fraction of sp³-hybridized carbons (Fsp3) is 0.200. The van der Waals surface area contributed by atoms with Crippen LogP contribution in [0.3, 0.4) is 0 Å². The molecule has 1 N–H and O–H groups in total. The van der Waals surface area contributed by atoms with Crippen molar-refractivity contribution in [2.75, 3.05) is 13.2 Å². The van der Waals surface area contributed by atoms with E-state index in [1.165, 1.54) is 0 Å². The van der Waals surface area contributed by atoms with Crippen molar-refractivity contribution in [1.29, 1.82) is 0 Å². The van der Waals surface area contributed by atoms with Crippen LogP contribution >= 0.6 is 0 Å². The monoisotopic (exact) mass is 318 g/mol. The minimum Gasteiger partial charge on any atom is -0.492 e. The van der Waals surface area contributed by atoms with Gasteiger partial charge in [-0.2, -0.15) is 0 Å². The van der Waals surface area contributed by atoms with Gasteiger partial charge in [0.05, 0.1) is 12.1 Å². The summed E-state index contributed by atoms with van der Waals surface area (Å²) in [5.74, 6) is 1.15. The molecule has 1 aromatic heterocycles. The van der Waals surface area contributed by atoms with Crippen LogP contribution in [0, 0.1) is 5.92 Å². The van der Waals surface area contributed by atoms with Crippen molar-refractivity contribution in [3.05, 3.63) is 60.8 Å². The van der Waals surface area contributed by atoms with Crippen LogP contribution in [0.5, 0.6) is 5.75 Å². The Balaban J connectivity index is 1.68. The summed E-state index contributed by atoms with van der Waals surface area (Å²) in [6.07, 6.45) is 2.33. The Morgan fingerprint density at radius 3 is 2.75 bits per heavy atom. The van der Waals surface area contributed by atoms with E-state index < -0.39 is 0 Å². The fourth-order valence-electron chi connectivity index (χ4n) is 3.06.